The van der Waals surface area contributed by atoms with Crippen LogP contribution in [0.25, 0.3) is 11.1 Å². The number of amides is 2. The zero-order valence-corrected chi connectivity index (χ0v) is 21.7. The van der Waals surface area contributed by atoms with Gasteiger partial charge in [-0.3, -0.25) is 14.4 Å². The van der Waals surface area contributed by atoms with Gasteiger partial charge < -0.3 is 0 Å². The van der Waals surface area contributed by atoms with Crippen LogP contribution in [0.1, 0.15) is 48.9 Å². The summed E-state index contributed by atoms with van der Waals surface area (Å²) in [5.74, 6) is -1.90. The lowest BCUT2D eigenvalue weighted by Crippen LogP contribution is -2.41. The van der Waals surface area contributed by atoms with Crippen LogP contribution in [0.2, 0.25) is 0 Å². The SMILES string of the molecule is CCC[C@@]12C(=O)[C@@](C)(C(c3ccccc3)=C1c1ccccc1)[C@H]1C(=O)N(c3ccc(C)c(C)c3)C(=O)[C@H]12. The van der Waals surface area contributed by atoms with E-state index in [1.165, 1.54) is 4.90 Å². The normalized spacial score (nSPS) is 28.4. The molecule has 1 saturated heterocycles. The molecule has 4 heteroatoms. The lowest BCUT2D eigenvalue weighted by atomic mass is 9.61. The Morgan fingerprint density at radius 1 is 0.730 bits per heavy atom. The Hall–Kier alpha value is -3.79. The van der Waals surface area contributed by atoms with E-state index in [-0.39, 0.29) is 17.6 Å². The van der Waals surface area contributed by atoms with Crippen molar-refractivity contribution in [2.45, 2.75) is 40.5 Å². The van der Waals surface area contributed by atoms with Crippen molar-refractivity contribution in [1.82, 2.24) is 0 Å². The summed E-state index contributed by atoms with van der Waals surface area (Å²) in [7, 11) is 0. The number of imide groups is 1. The Balaban J connectivity index is 1.65. The molecule has 2 bridgehead atoms. The maximum atomic E-state index is 14.7. The van der Waals surface area contributed by atoms with Crippen molar-refractivity contribution in [2.24, 2.45) is 22.7 Å². The number of nitrogens with zero attached hydrogens (tertiary/aromatic N) is 1. The Bertz CT molecular complexity index is 1490. The highest BCUT2D eigenvalue weighted by molar-refractivity contribution is 6.34. The molecule has 0 unspecified atom stereocenters. The van der Waals surface area contributed by atoms with E-state index in [4.69, 9.17) is 0 Å². The predicted octanol–water partition coefficient (Wildman–Crippen LogP) is 6.41. The third kappa shape index (κ3) is 2.87. The lowest BCUT2D eigenvalue weighted by Gasteiger charge is -2.37. The van der Waals surface area contributed by atoms with Gasteiger partial charge in [-0.25, -0.2) is 4.90 Å². The number of carbonyl (C=O) groups excluding carboxylic acids is 3. The molecule has 1 heterocycles. The molecule has 3 aromatic rings. The standard InChI is InChI=1S/C33H31NO3/c1-5-18-33-26(23-14-10-7-11-15-23)25(22-12-8-6-9-13-22)32(4,31(33)37)27-28(33)30(36)34(29(27)35)24-17-16-20(2)21(3)19-24/h6-17,19,27-28H,5,18H2,1-4H3/t27-,28+,32+,33-/m1/s1. The fraction of sp³-hybridized carbons (Fsp3) is 0.303. The van der Waals surface area contributed by atoms with E-state index in [2.05, 4.69) is 6.92 Å². The minimum absolute atomic E-state index is 0.0241. The number of allylic oxidation sites excluding steroid dienone is 2. The van der Waals surface area contributed by atoms with Crippen molar-refractivity contribution >= 4 is 34.4 Å². The summed E-state index contributed by atoms with van der Waals surface area (Å²) in [6.45, 7) is 7.97. The fourth-order valence-corrected chi connectivity index (χ4v) is 7.48. The molecule has 0 N–H and O–H groups in total. The summed E-state index contributed by atoms with van der Waals surface area (Å²) in [5, 5.41) is 0. The van der Waals surface area contributed by atoms with Crippen LogP contribution in [0.15, 0.2) is 78.9 Å². The topological polar surface area (TPSA) is 54.5 Å². The van der Waals surface area contributed by atoms with Crippen LogP contribution in [0.3, 0.4) is 0 Å². The van der Waals surface area contributed by atoms with Crippen molar-refractivity contribution in [3.05, 3.63) is 101 Å². The van der Waals surface area contributed by atoms with Crippen molar-refractivity contribution in [3.63, 3.8) is 0 Å². The first kappa shape index (κ1) is 23.6. The highest BCUT2D eigenvalue weighted by Gasteiger charge is 2.80. The molecule has 0 radical (unpaired) electrons. The van der Waals surface area contributed by atoms with E-state index in [1.54, 1.807) is 0 Å². The van der Waals surface area contributed by atoms with E-state index in [9.17, 15) is 14.4 Å². The van der Waals surface area contributed by atoms with Gasteiger partial charge in [0, 0.05) is 0 Å². The summed E-state index contributed by atoms with van der Waals surface area (Å²) >= 11 is 0. The number of carbonyl (C=O) groups is 3. The number of hydrogen-bond acceptors (Lipinski definition) is 3. The fourth-order valence-electron chi connectivity index (χ4n) is 7.48. The second-order valence-electron chi connectivity index (χ2n) is 11.0. The van der Waals surface area contributed by atoms with E-state index in [0.717, 1.165) is 39.8 Å². The van der Waals surface area contributed by atoms with Gasteiger partial charge in [-0.2, -0.15) is 0 Å². The minimum atomic E-state index is -1.09. The smallest absolute Gasteiger partial charge is 0.239 e. The van der Waals surface area contributed by atoms with Gasteiger partial charge in [0.15, 0.2) is 5.78 Å². The molecule has 6 rings (SSSR count). The quantitative estimate of drug-likeness (QED) is 0.389. The molecular formula is C33H31NO3. The van der Waals surface area contributed by atoms with Gasteiger partial charge >= 0.3 is 0 Å². The molecule has 37 heavy (non-hydrogen) atoms. The first-order chi connectivity index (χ1) is 17.8. The summed E-state index contributed by atoms with van der Waals surface area (Å²) in [5.41, 5.74) is 4.32. The lowest BCUT2D eigenvalue weighted by molar-refractivity contribution is -0.134. The first-order valence-electron chi connectivity index (χ1n) is 13.1. The van der Waals surface area contributed by atoms with Gasteiger partial charge in [0.2, 0.25) is 11.8 Å². The van der Waals surface area contributed by atoms with Gasteiger partial charge in [-0.15, -0.1) is 0 Å². The molecule has 4 atom stereocenters. The molecule has 2 amide bonds. The molecule has 186 valence electrons. The van der Waals surface area contributed by atoms with E-state index in [0.29, 0.717) is 12.1 Å². The molecule has 3 aromatic carbocycles. The monoisotopic (exact) mass is 489 g/mol. The summed E-state index contributed by atoms with van der Waals surface area (Å²) in [6.07, 6.45) is 1.26. The average molecular weight is 490 g/mol. The maximum Gasteiger partial charge on any atom is 0.239 e. The number of hydrogen-bond donors (Lipinski definition) is 0. The highest BCUT2D eigenvalue weighted by atomic mass is 16.2. The average Bonchev–Trinajstić information content (AvgIpc) is 3.37. The summed E-state index contributed by atoms with van der Waals surface area (Å²) < 4.78 is 0. The number of Topliss-reactive ketones (excluding diaryl/α,β-unsaturated/α-hetero) is 1. The van der Waals surface area contributed by atoms with Gasteiger partial charge in [0.25, 0.3) is 0 Å². The van der Waals surface area contributed by atoms with Crippen molar-refractivity contribution in [2.75, 3.05) is 4.90 Å². The van der Waals surface area contributed by atoms with Gasteiger partial charge in [-0.1, -0.05) is 80.1 Å². The second kappa shape index (κ2) is 8.11. The molecule has 0 aromatic heterocycles. The number of fused-ring (bicyclic) bond motifs is 5. The number of anilines is 1. The summed E-state index contributed by atoms with van der Waals surface area (Å²) in [6, 6.07) is 25.6. The van der Waals surface area contributed by atoms with Gasteiger partial charge in [0.05, 0.1) is 28.4 Å². The molecule has 1 saturated carbocycles. The van der Waals surface area contributed by atoms with E-state index in [1.807, 2.05) is 99.6 Å². The van der Waals surface area contributed by atoms with Crippen LogP contribution in [-0.2, 0) is 14.4 Å². The molecule has 0 spiro atoms. The molecule has 1 aliphatic heterocycles. The van der Waals surface area contributed by atoms with Crippen LogP contribution < -0.4 is 4.90 Å². The molecule has 2 fully saturated rings. The predicted molar refractivity (Wildman–Crippen MR) is 146 cm³/mol. The van der Waals surface area contributed by atoms with Crippen molar-refractivity contribution in [3.8, 4) is 0 Å². The Kier molecular flexibility index (Phi) is 5.17. The Morgan fingerprint density at radius 2 is 1.30 bits per heavy atom. The maximum absolute atomic E-state index is 14.7. The van der Waals surface area contributed by atoms with Crippen LogP contribution in [-0.4, -0.2) is 17.6 Å². The molecule has 4 nitrogen and oxygen atoms in total. The van der Waals surface area contributed by atoms with Gasteiger partial charge in [-0.05, 0) is 72.7 Å². The zero-order valence-electron chi connectivity index (χ0n) is 21.7. The van der Waals surface area contributed by atoms with E-state index < -0.39 is 22.7 Å². The Morgan fingerprint density at radius 3 is 1.86 bits per heavy atom. The zero-order chi connectivity index (χ0) is 26.1. The number of ketones is 1. The number of rotatable bonds is 5. The van der Waals surface area contributed by atoms with Crippen molar-refractivity contribution < 1.29 is 14.4 Å². The van der Waals surface area contributed by atoms with Crippen LogP contribution in [0.5, 0.6) is 0 Å². The largest absolute Gasteiger partial charge is 0.298 e. The van der Waals surface area contributed by atoms with E-state index >= 15 is 0 Å². The molecular weight excluding hydrogens is 458 g/mol. The number of benzene rings is 3. The first-order valence-corrected chi connectivity index (χ1v) is 13.1. The van der Waals surface area contributed by atoms with Crippen LogP contribution >= 0.6 is 0 Å². The van der Waals surface area contributed by atoms with Crippen LogP contribution in [0.4, 0.5) is 5.69 Å². The second-order valence-corrected chi connectivity index (χ2v) is 11.0. The third-order valence-electron chi connectivity index (χ3n) is 9.07. The Labute approximate surface area is 218 Å². The van der Waals surface area contributed by atoms with Gasteiger partial charge in [0.1, 0.15) is 0 Å². The molecule has 2 aliphatic carbocycles. The van der Waals surface area contributed by atoms with Crippen molar-refractivity contribution in [1.29, 1.82) is 0 Å². The number of aryl methyl sites for hydroxylation is 2. The third-order valence-corrected chi connectivity index (χ3v) is 9.07. The van der Waals surface area contributed by atoms with Crippen LogP contribution in [0, 0.1) is 36.5 Å². The molecule has 3 aliphatic rings. The minimum Gasteiger partial charge on any atom is -0.298 e. The highest BCUT2D eigenvalue weighted by Crippen LogP contribution is 2.75. The summed E-state index contributed by atoms with van der Waals surface area (Å²) in [4.78, 5) is 44.6.